The van der Waals surface area contributed by atoms with E-state index in [1.807, 2.05) is 133 Å². The van der Waals surface area contributed by atoms with Crippen molar-refractivity contribution in [1.29, 1.82) is 0 Å². The number of fused-ring (bicyclic) bond motifs is 4. The van der Waals surface area contributed by atoms with Crippen LogP contribution in [0.3, 0.4) is 0 Å². The fraction of sp³-hybridized carbons (Fsp3) is 0.268. The van der Waals surface area contributed by atoms with Crippen molar-refractivity contribution in [1.82, 2.24) is 0 Å². The number of nitrogens with zero attached hydrogens (tertiary/aromatic N) is 2. The zero-order valence-corrected chi connectivity index (χ0v) is 29.5. The van der Waals surface area contributed by atoms with Gasteiger partial charge in [0.25, 0.3) is 0 Å². The summed E-state index contributed by atoms with van der Waals surface area (Å²) in [6.45, 7) is 0. The summed E-state index contributed by atoms with van der Waals surface area (Å²) in [6, 6.07) is 26.1. The van der Waals surface area contributed by atoms with Gasteiger partial charge in [-0.2, -0.15) is 26.3 Å². The van der Waals surface area contributed by atoms with Crippen LogP contribution in [0.2, 0.25) is 0 Å². The maximum Gasteiger partial charge on any atom is 0.380 e. The first-order valence-corrected chi connectivity index (χ1v) is 18.4. The van der Waals surface area contributed by atoms with Crippen molar-refractivity contribution < 1.29 is 35.5 Å². The quantitative estimate of drug-likeness (QED) is 0.132. The van der Waals surface area contributed by atoms with Crippen LogP contribution in [-0.2, 0) is 26.9 Å². The first kappa shape index (κ1) is 34.1. The van der Waals surface area contributed by atoms with Crippen molar-refractivity contribution in [3.8, 4) is 0 Å². The van der Waals surface area contributed by atoms with E-state index in [0.717, 1.165) is 11.1 Å². The summed E-state index contributed by atoms with van der Waals surface area (Å²) in [7, 11) is 3.78. The van der Waals surface area contributed by atoms with Gasteiger partial charge >= 0.3 is 17.8 Å². The van der Waals surface area contributed by atoms with Gasteiger partial charge in [-0.1, -0.05) is 60.7 Å². The number of allylic oxidation sites excluding steroid dienone is 4. The Morgan fingerprint density at radius 2 is 0.863 bits per heavy atom. The van der Waals surface area contributed by atoms with Crippen molar-refractivity contribution in [2.75, 3.05) is 0 Å². The molecule has 260 valence electrons. The molecule has 2 aliphatic heterocycles. The second-order valence-electron chi connectivity index (χ2n) is 13.7. The molecule has 0 N–H and O–H groups in total. The second-order valence-corrected chi connectivity index (χ2v) is 16.3. The third-order valence-corrected chi connectivity index (χ3v) is 14.1. The van der Waals surface area contributed by atoms with Gasteiger partial charge in [0.1, 0.15) is 14.1 Å². The summed E-state index contributed by atoms with van der Waals surface area (Å²) in [5.74, 6) is -15.9. The van der Waals surface area contributed by atoms with Gasteiger partial charge in [-0.05, 0) is 71.2 Å². The SMILES string of the molecule is C[n+]1ccc(CCC23SC(c4ccccc4)=CC2=C2C(=C4C=C(c5ccccc5)SC43CCc3cc[n+](C)cc3)C(F)(F)C(F)(F)C2(F)F)cc1. The summed E-state index contributed by atoms with van der Waals surface area (Å²) in [4.78, 5) is 1.18. The number of pyridine rings is 2. The Balaban J connectivity index is 1.43. The molecule has 0 bridgehead atoms. The van der Waals surface area contributed by atoms with Crippen LogP contribution in [-0.4, -0.2) is 27.3 Å². The van der Waals surface area contributed by atoms with E-state index in [-0.39, 0.29) is 24.0 Å². The Morgan fingerprint density at radius 3 is 1.22 bits per heavy atom. The smallest absolute Gasteiger partial charge is 0.208 e. The highest BCUT2D eigenvalue weighted by atomic mass is 32.2. The first-order chi connectivity index (χ1) is 24.3. The molecule has 2 nitrogen and oxygen atoms in total. The number of hydrogen-bond donors (Lipinski definition) is 0. The molecule has 4 aromatic rings. The summed E-state index contributed by atoms with van der Waals surface area (Å²) in [5, 5.41) is 0. The number of hydrogen-bond acceptors (Lipinski definition) is 2. The molecule has 0 saturated heterocycles. The van der Waals surface area contributed by atoms with E-state index >= 15 is 26.3 Å². The lowest BCUT2D eigenvalue weighted by Gasteiger charge is -2.51. The maximum absolute atomic E-state index is 16.4. The third-order valence-electron chi connectivity index (χ3n) is 10.6. The molecule has 0 amide bonds. The molecule has 1 saturated carbocycles. The highest BCUT2D eigenvalue weighted by Gasteiger charge is 2.84. The number of aromatic nitrogens is 2. The summed E-state index contributed by atoms with van der Waals surface area (Å²) in [6.07, 6.45) is 11.9. The summed E-state index contributed by atoms with van der Waals surface area (Å²) >= 11 is 2.72. The average molecular weight is 733 g/mol. The molecule has 8 rings (SSSR count). The number of rotatable bonds is 8. The van der Waals surface area contributed by atoms with Crippen molar-refractivity contribution in [3.05, 3.63) is 166 Å². The van der Waals surface area contributed by atoms with Crippen molar-refractivity contribution in [3.63, 3.8) is 0 Å². The van der Waals surface area contributed by atoms with Crippen LogP contribution in [0.1, 0.15) is 35.1 Å². The third kappa shape index (κ3) is 5.03. The van der Waals surface area contributed by atoms with Crippen LogP contribution in [0, 0.1) is 0 Å². The monoisotopic (exact) mass is 732 g/mol. The van der Waals surface area contributed by atoms with E-state index in [1.54, 1.807) is 0 Å². The molecule has 4 heterocycles. The molecule has 0 spiro atoms. The van der Waals surface area contributed by atoms with Crippen LogP contribution in [0.4, 0.5) is 26.3 Å². The first-order valence-electron chi connectivity index (χ1n) is 16.8. The van der Waals surface area contributed by atoms with Gasteiger partial charge < -0.3 is 0 Å². The van der Waals surface area contributed by atoms with E-state index in [1.165, 1.54) is 35.7 Å². The molecule has 1 fully saturated rings. The summed E-state index contributed by atoms with van der Waals surface area (Å²) < 4.78 is 98.2. The van der Waals surface area contributed by atoms with E-state index in [9.17, 15) is 0 Å². The number of thioether (sulfide) groups is 2. The number of aryl methyl sites for hydroxylation is 4. The Hall–Kier alpha value is -4.02. The van der Waals surface area contributed by atoms with E-state index in [0.29, 0.717) is 33.8 Å². The van der Waals surface area contributed by atoms with Crippen molar-refractivity contribution in [2.45, 2.75) is 52.9 Å². The highest BCUT2D eigenvalue weighted by molar-refractivity contribution is 8.14. The van der Waals surface area contributed by atoms with Crippen LogP contribution in [0.5, 0.6) is 0 Å². The lowest BCUT2D eigenvalue weighted by atomic mass is 9.66. The van der Waals surface area contributed by atoms with Crippen LogP contribution in [0.15, 0.2) is 144 Å². The molecule has 2 unspecified atom stereocenters. The minimum absolute atomic E-state index is 0.122. The van der Waals surface area contributed by atoms with Gasteiger partial charge in [-0.15, -0.1) is 23.5 Å². The largest absolute Gasteiger partial charge is 0.380 e. The fourth-order valence-corrected chi connectivity index (χ4v) is 11.5. The lowest BCUT2D eigenvalue weighted by molar-refractivity contribution is -0.671. The zero-order chi connectivity index (χ0) is 35.8. The topological polar surface area (TPSA) is 7.76 Å². The highest BCUT2D eigenvalue weighted by Crippen LogP contribution is 2.77. The Morgan fingerprint density at radius 1 is 0.510 bits per heavy atom. The predicted molar refractivity (Wildman–Crippen MR) is 190 cm³/mol. The minimum atomic E-state index is -5.63. The van der Waals surface area contributed by atoms with Crippen LogP contribution >= 0.6 is 23.5 Å². The zero-order valence-electron chi connectivity index (χ0n) is 27.9. The van der Waals surface area contributed by atoms with Gasteiger partial charge in [0.05, 0.1) is 9.49 Å². The standard InChI is InChI=1S/C41H34F6N2S2/c1-48-21-15-27(16-22-48)13-19-37-31(25-33(50-37)29-9-5-3-6-10-29)35-36(40(44,45)41(46,47)39(35,42)43)32-26-34(30-11-7-4-8-12-30)51-38(32,37)20-14-28-17-23-49(2)24-18-28/h3-12,15-18,21-26H,13-14,19-20H2,1-2H3/q+2. The maximum atomic E-state index is 16.4. The van der Waals surface area contributed by atoms with Gasteiger partial charge in [0.2, 0.25) is 0 Å². The second kappa shape index (κ2) is 12.0. The van der Waals surface area contributed by atoms with Crippen molar-refractivity contribution >= 4 is 33.3 Å². The molecule has 2 aromatic heterocycles. The van der Waals surface area contributed by atoms with Gasteiger partial charge in [0.15, 0.2) is 24.8 Å². The Bertz CT molecular complexity index is 1990. The molecule has 4 aliphatic rings. The Labute approximate surface area is 301 Å². The number of alkyl halides is 6. The molecule has 2 atom stereocenters. The van der Waals surface area contributed by atoms with Gasteiger partial charge in [-0.25, -0.2) is 9.13 Å². The van der Waals surface area contributed by atoms with E-state index in [2.05, 4.69) is 0 Å². The molecule has 2 aromatic carbocycles. The molecule has 10 heteroatoms. The molecule has 0 radical (unpaired) electrons. The van der Waals surface area contributed by atoms with E-state index in [4.69, 9.17) is 0 Å². The van der Waals surface area contributed by atoms with Gasteiger partial charge in [-0.3, -0.25) is 0 Å². The average Bonchev–Trinajstić information content (AvgIpc) is 3.74. The lowest BCUT2D eigenvalue weighted by Crippen LogP contribution is -2.53. The van der Waals surface area contributed by atoms with E-state index < -0.39 is 38.4 Å². The Kier molecular flexibility index (Phi) is 8.03. The number of halogens is 6. The fourth-order valence-electron chi connectivity index (χ4n) is 7.92. The molecule has 51 heavy (non-hydrogen) atoms. The molecular weight excluding hydrogens is 699 g/mol. The van der Waals surface area contributed by atoms with Crippen molar-refractivity contribution in [2.24, 2.45) is 14.1 Å². The minimum Gasteiger partial charge on any atom is -0.208 e. The molecular formula is C41H34F6N2S2+2. The molecule has 2 aliphatic carbocycles. The number of benzene rings is 2. The van der Waals surface area contributed by atoms with Gasteiger partial charge in [0, 0.05) is 45.2 Å². The normalized spacial score (nSPS) is 25.3. The van der Waals surface area contributed by atoms with Crippen LogP contribution in [0.25, 0.3) is 9.81 Å². The summed E-state index contributed by atoms with van der Waals surface area (Å²) in [5.41, 5.74) is 0.587. The van der Waals surface area contributed by atoms with Crippen LogP contribution < -0.4 is 9.13 Å². The predicted octanol–water partition coefficient (Wildman–Crippen LogP) is 9.48.